The second-order valence-electron chi connectivity index (χ2n) is 0.864. The molecule has 0 aromatic heterocycles. The van der Waals surface area contributed by atoms with E-state index in [1.807, 2.05) is 0 Å². The summed E-state index contributed by atoms with van der Waals surface area (Å²) in [7, 11) is 0. The Hall–Kier alpha value is 0.0200. The van der Waals surface area contributed by atoms with Crippen LogP contribution in [-0.4, -0.2) is 17.7 Å². The third-order valence-electron chi connectivity index (χ3n) is 0.405. The summed E-state index contributed by atoms with van der Waals surface area (Å²) >= 11 is 1.77. The fourth-order valence-electron chi connectivity index (χ4n) is 0.177. The minimum absolute atomic E-state index is 0.872. The molecule has 0 saturated carbocycles. The van der Waals surface area contributed by atoms with Crippen LogP contribution in [-0.2, 0) is 0 Å². The van der Waals surface area contributed by atoms with Crippen LogP contribution >= 0.6 is 11.8 Å². The van der Waals surface area contributed by atoms with Crippen molar-refractivity contribution in [2.45, 2.75) is 6.92 Å². The van der Waals surface area contributed by atoms with Gasteiger partial charge in [-0.2, -0.15) is 11.8 Å². The van der Waals surface area contributed by atoms with Crippen molar-refractivity contribution in [2.75, 3.05) is 11.5 Å². The first-order valence-electron chi connectivity index (χ1n) is 1.98. The van der Waals surface area contributed by atoms with E-state index >= 15 is 0 Å². The van der Waals surface area contributed by atoms with Crippen LogP contribution < -0.4 is 0 Å². The molecular formula is C4H9NS. The molecule has 1 nitrogen and oxygen atoms in total. The van der Waals surface area contributed by atoms with Crippen LogP contribution in [0.2, 0.25) is 0 Å². The molecule has 1 N–H and O–H groups in total. The van der Waals surface area contributed by atoms with E-state index < -0.39 is 0 Å². The van der Waals surface area contributed by atoms with Crippen LogP contribution in [0.1, 0.15) is 6.92 Å². The summed E-state index contributed by atoms with van der Waals surface area (Å²) in [5.41, 5.74) is 0. The van der Waals surface area contributed by atoms with Crippen LogP contribution in [0.3, 0.4) is 0 Å². The van der Waals surface area contributed by atoms with Gasteiger partial charge in [0.15, 0.2) is 0 Å². The molecule has 0 aromatic carbocycles. The van der Waals surface area contributed by atoms with Crippen LogP contribution in [0.15, 0.2) is 0 Å². The lowest BCUT2D eigenvalue weighted by Crippen LogP contribution is -1.75. The Balaban J connectivity index is 2.49. The maximum absolute atomic E-state index is 6.56. The number of thioether (sulfide) groups is 1. The fourth-order valence-corrected chi connectivity index (χ4v) is 0.530. The minimum Gasteiger partial charge on any atom is -0.312 e. The van der Waals surface area contributed by atoms with Gasteiger partial charge in [0, 0.05) is 12.0 Å². The van der Waals surface area contributed by atoms with Crippen molar-refractivity contribution in [1.29, 1.82) is 5.41 Å². The minimum atomic E-state index is 0.872. The summed E-state index contributed by atoms with van der Waals surface area (Å²) in [6.07, 6.45) is 1.42. The van der Waals surface area contributed by atoms with Gasteiger partial charge in [0.25, 0.3) is 0 Å². The van der Waals surface area contributed by atoms with Crippen LogP contribution in [0, 0.1) is 5.41 Å². The Kier molecular flexibility index (Phi) is 5.04. The van der Waals surface area contributed by atoms with Crippen molar-refractivity contribution in [1.82, 2.24) is 0 Å². The van der Waals surface area contributed by atoms with E-state index in [0.29, 0.717) is 0 Å². The topological polar surface area (TPSA) is 23.9 Å². The van der Waals surface area contributed by atoms with Crippen LogP contribution in [0.4, 0.5) is 0 Å². The van der Waals surface area contributed by atoms with Gasteiger partial charge < -0.3 is 5.41 Å². The van der Waals surface area contributed by atoms with Crippen molar-refractivity contribution in [3.8, 4) is 0 Å². The molecule has 2 heteroatoms. The predicted molar refractivity (Wildman–Crippen MR) is 31.8 cm³/mol. The molecule has 0 fully saturated rings. The van der Waals surface area contributed by atoms with E-state index in [0.717, 1.165) is 11.5 Å². The van der Waals surface area contributed by atoms with Crippen molar-refractivity contribution in [3.05, 3.63) is 0 Å². The van der Waals surface area contributed by atoms with Gasteiger partial charge in [-0.15, -0.1) is 0 Å². The van der Waals surface area contributed by atoms with Gasteiger partial charge in [0.05, 0.1) is 0 Å². The Bertz CT molecular complexity index is 36.5. The third-order valence-corrected chi connectivity index (χ3v) is 1.22. The van der Waals surface area contributed by atoms with Gasteiger partial charge >= 0.3 is 0 Å². The number of nitrogens with one attached hydrogen (secondary N) is 1. The zero-order valence-corrected chi connectivity index (χ0v) is 4.72. The molecule has 0 saturated heterocycles. The maximum atomic E-state index is 6.56. The molecule has 0 heterocycles. The first kappa shape index (κ1) is 6.02. The van der Waals surface area contributed by atoms with Crippen molar-refractivity contribution < 1.29 is 0 Å². The lowest BCUT2D eigenvalue weighted by atomic mass is 10.9. The van der Waals surface area contributed by atoms with E-state index in [1.54, 1.807) is 11.8 Å². The van der Waals surface area contributed by atoms with Crippen molar-refractivity contribution in [2.24, 2.45) is 0 Å². The molecule has 0 aliphatic carbocycles. The highest BCUT2D eigenvalue weighted by Crippen LogP contribution is 1.92. The molecule has 0 unspecified atom stereocenters. The fraction of sp³-hybridized carbons (Fsp3) is 0.750. The predicted octanol–water partition coefficient (Wildman–Crippen LogP) is 1.39. The molecule has 0 atom stereocenters. The summed E-state index contributed by atoms with van der Waals surface area (Å²) in [5.74, 6) is 1.99. The van der Waals surface area contributed by atoms with Gasteiger partial charge in [0.2, 0.25) is 0 Å². The Morgan fingerprint density at radius 3 is 2.67 bits per heavy atom. The van der Waals surface area contributed by atoms with E-state index in [2.05, 4.69) is 6.92 Å². The third kappa shape index (κ3) is 4.02. The quantitative estimate of drug-likeness (QED) is 0.423. The molecule has 0 aliphatic rings. The monoisotopic (exact) mass is 103 g/mol. The van der Waals surface area contributed by atoms with E-state index in [4.69, 9.17) is 5.41 Å². The summed E-state index contributed by atoms with van der Waals surface area (Å²) in [4.78, 5) is 0. The Morgan fingerprint density at radius 2 is 2.50 bits per heavy atom. The van der Waals surface area contributed by atoms with Gasteiger partial charge in [-0.25, -0.2) is 0 Å². The number of hydrogen-bond donors (Lipinski definition) is 1. The molecule has 0 bridgehead atoms. The zero-order chi connectivity index (χ0) is 4.83. The summed E-state index contributed by atoms with van der Waals surface area (Å²) < 4.78 is 0. The number of hydrogen-bond acceptors (Lipinski definition) is 2. The lowest BCUT2D eigenvalue weighted by Gasteiger charge is -1.82. The highest BCUT2D eigenvalue weighted by Gasteiger charge is 1.71. The molecule has 0 rings (SSSR count). The van der Waals surface area contributed by atoms with E-state index in [-0.39, 0.29) is 0 Å². The largest absolute Gasteiger partial charge is 0.312 e. The van der Waals surface area contributed by atoms with E-state index in [9.17, 15) is 0 Å². The normalized spacial score (nSPS) is 8.17. The smallest absolute Gasteiger partial charge is 0.0281 e. The van der Waals surface area contributed by atoms with Crippen molar-refractivity contribution in [3.63, 3.8) is 0 Å². The molecule has 0 amide bonds. The Labute approximate surface area is 42.6 Å². The first-order valence-corrected chi connectivity index (χ1v) is 3.14. The van der Waals surface area contributed by atoms with Gasteiger partial charge in [0.1, 0.15) is 0 Å². The lowest BCUT2D eigenvalue weighted by molar-refractivity contribution is 1.51. The highest BCUT2D eigenvalue weighted by atomic mass is 32.2. The zero-order valence-electron chi connectivity index (χ0n) is 3.90. The van der Waals surface area contributed by atoms with Gasteiger partial charge in [-0.1, -0.05) is 6.92 Å². The summed E-state index contributed by atoms with van der Waals surface area (Å²) in [5, 5.41) is 6.56. The molecule has 36 valence electrons. The average Bonchev–Trinajstić information content (AvgIpc) is 1.61. The summed E-state index contributed by atoms with van der Waals surface area (Å²) in [6, 6.07) is 0. The highest BCUT2D eigenvalue weighted by molar-refractivity contribution is 7.99. The SMILES string of the molecule is CCSCC=N. The molecule has 6 heavy (non-hydrogen) atoms. The Morgan fingerprint density at radius 1 is 1.83 bits per heavy atom. The van der Waals surface area contributed by atoms with E-state index in [1.165, 1.54) is 6.21 Å². The van der Waals surface area contributed by atoms with Gasteiger partial charge in [-0.3, -0.25) is 0 Å². The van der Waals surface area contributed by atoms with Crippen LogP contribution in [0.25, 0.3) is 0 Å². The first-order chi connectivity index (χ1) is 2.91. The molecule has 0 aliphatic heterocycles. The second-order valence-corrected chi connectivity index (χ2v) is 2.18. The standard InChI is InChI=1S/C4H9NS/c1-2-6-4-3-5/h3,5H,2,4H2,1H3. The van der Waals surface area contributed by atoms with Gasteiger partial charge in [-0.05, 0) is 5.75 Å². The number of rotatable bonds is 3. The van der Waals surface area contributed by atoms with Crippen molar-refractivity contribution >= 4 is 18.0 Å². The molecular weight excluding hydrogens is 94.1 g/mol. The molecule has 0 radical (unpaired) electrons. The second kappa shape index (κ2) is 5.02. The maximum Gasteiger partial charge on any atom is 0.0281 e. The van der Waals surface area contributed by atoms with Crippen LogP contribution in [0.5, 0.6) is 0 Å². The molecule has 0 aromatic rings. The average molecular weight is 103 g/mol. The summed E-state index contributed by atoms with van der Waals surface area (Å²) in [6.45, 7) is 2.09. The molecule has 0 spiro atoms.